The SMILES string of the molecule is NC(=O)CN1CCC(NC(=O)COc2ccc(F)c(Cl)c2)CC1. The highest BCUT2D eigenvalue weighted by atomic mass is 35.5. The number of halogens is 2. The number of carbonyl (C=O) groups is 2. The summed E-state index contributed by atoms with van der Waals surface area (Å²) in [6.07, 6.45) is 1.50. The molecule has 2 amide bonds. The van der Waals surface area contributed by atoms with Gasteiger partial charge in [0, 0.05) is 25.2 Å². The van der Waals surface area contributed by atoms with Crippen molar-refractivity contribution in [1.82, 2.24) is 10.2 Å². The average molecular weight is 344 g/mol. The second-order valence-corrected chi connectivity index (χ2v) is 5.86. The Balaban J connectivity index is 1.71. The fourth-order valence-corrected chi connectivity index (χ4v) is 2.61. The van der Waals surface area contributed by atoms with Crippen LogP contribution in [0.2, 0.25) is 5.02 Å². The molecule has 0 aromatic heterocycles. The summed E-state index contributed by atoms with van der Waals surface area (Å²) in [6.45, 7) is 1.50. The zero-order chi connectivity index (χ0) is 16.8. The van der Waals surface area contributed by atoms with Crippen molar-refractivity contribution in [2.45, 2.75) is 18.9 Å². The van der Waals surface area contributed by atoms with Crippen LogP contribution < -0.4 is 15.8 Å². The van der Waals surface area contributed by atoms with Gasteiger partial charge in [-0.1, -0.05) is 11.6 Å². The van der Waals surface area contributed by atoms with E-state index in [1.54, 1.807) is 0 Å². The lowest BCUT2D eigenvalue weighted by Crippen LogP contribution is -2.47. The van der Waals surface area contributed by atoms with Crippen molar-refractivity contribution in [3.63, 3.8) is 0 Å². The number of hydrogen-bond donors (Lipinski definition) is 2. The first kappa shape index (κ1) is 17.5. The number of nitrogens with zero attached hydrogens (tertiary/aromatic N) is 1. The monoisotopic (exact) mass is 343 g/mol. The van der Waals surface area contributed by atoms with Crippen LogP contribution in [0.15, 0.2) is 18.2 Å². The van der Waals surface area contributed by atoms with Gasteiger partial charge in [0.05, 0.1) is 11.6 Å². The van der Waals surface area contributed by atoms with Gasteiger partial charge in [0.1, 0.15) is 11.6 Å². The van der Waals surface area contributed by atoms with Crippen molar-refractivity contribution >= 4 is 23.4 Å². The molecule has 0 aliphatic carbocycles. The summed E-state index contributed by atoms with van der Waals surface area (Å²) >= 11 is 5.64. The van der Waals surface area contributed by atoms with Gasteiger partial charge < -0.3 is 15.8 Å². The van der Waals surface area contributed by atoms with E-state index in [4.69, 9.17) is 22.1 Å². The van der Waals surface area contributed by atoms with Crippen LogP contribution in [0.25, 0.3) is 0 Å². The molecule has 3 N–H and O–H groups in total. The first-order chi connectivity index (χ1) is 10.9. The summed E-state index contributed by atoms with van der Waals surface area (Å²) < 4.78 is 18.3. The van der Waals surface area contributed by atoms with Gasteiger partial charge in [-0.25, -0.2) is 4.39 Å². The predicted molar refractivity (Wildman–Crippen MR) is 83.7 cm³/mol. The van der Waals surface area contributed by atoms with Crippen LogP contribution in [0, 0.1) is 5.82 Å². The summed E-state index contributed by atoms with van der Waals surface area (Å²) in [4.78, 5) is 24.7. The number of ether oxygens (including phenoxy) is 1. The van der Waals surface area contributed by atoms with Crippen LogP contribution in [0.5, 0.6) is 5.75 Å². The van der Waals surface area contributed by atoms with Crippen LogP contribution in [0.3, 0.4) is 0 Å². The molecule has 1 aliphatic rings. The van der Waals surface area contributed by atoms with E-state index in [-0.39, 0.29) is 36.0 Å². The molecule has 0 bridgehead atoms. The van der Waals surface area contributed by atoms with Crippen LogP contribution in [0.1, 0.15) is 12.8 Å². The lowest BCUT2D eigenvalue weighted by molar-refractivity contribution is -0.124. The number of likely N-dealkylation sites (tertiary alicyclic amines) is 1. The Bertz CT molecular complexity index is 577. The molecule has 6 nitrogen and oxygen atoms in total. The van der Waals surface area contributed by atoms with Crippen molar-refractivity contribution in [3.05, 3.63) is 29.0 Å². The topological polar surface area (TPSA) is 84.7 Å². The van der Waals surface area contributed by atoms with E-state index in [2.05, 4.69) is 5.32 Å². The third-order valence-corrected chi connectivity index (χ3v) is 3.88. The molecule has 1 aliphatic heterocycles. The predicted octanol–water partition coefficient (Wildman–Crippen LogP) is 0.924. The lowest BCUT2D eigenvalue weighted by atomic mass is 10.1. The highest BCUT2D eigenvalue weighted by molar-refractivity contribution is 6.30. The molecule has 0 unspecified atom stereocenters. The van der Waals surface area contributed by atoms with Gasteiger partial charge in [0.2, 0.25) is 5.91 Å². The van der Waals surface area contributed by atoms with E-state index in [9.17, 15) is 14.0 Å². The summed E-state index contributed by atoms with van der Waals surface area (Å²) in [5.41, 5.74) is 5.15. The van der Waals surface area contributed by atoms with Gasteiger partial charge in [-0.3, -0.25) is 14.5 Å². The average Bonchev–Trinajstić information content (AvgIpc) is 2.50. The fraction of sp³-hybridized carbons (Fsp3) is 0.467. The van der Waals surface area contributed by atoms with Gasteiger partial charge >= 0.3 is 0 Å². The molecule has 1 aromatic rings. The van der Waals surface area contributed by atoms with E-state index in [0.717, 1.165) is 12.8 Å². The maximum absolute atomic E-state index is 13.0. The minimum atomic E-state index is -0.536. The molecule has 8 heteroatoms. The van der Waals surface area contributed by atoms with Crippen molar-refractivity contribution in [2.24, 2.45) is 5.73 Å². The highest BCUT2D eigenvalue weighted by Crippen LogP contribution is 2.21. The number of primary amides is 1. The van der Waals surface area contributed by atoms with Crippen molar-refractivity contribution in [3.8, 4) is 5.75 Å². The van der Waals surface area contributed by atoms with E-state index in [0.29, 0.717) is 18.8 Å². The smallest absolute Gasteiger partial charge is 0.258 e. The summed E-state index contributed by atoms with van der Waals surface area (Å²) in [6, 6.07) is 3.97. The van der Waals surface area contributed by atoms with Gasteiger partial charge in [-0.2, -0.15) is 0 Å². The molecule has 126 valence electrons. The van der Waals surface area contributed by atoms with Crippen LogP contribution in [-0.2, 0) is 9.59 Å². The van der Waals surface area contributed by atoms with Crippen LogP contribution >= 0.6 is 11.6 Å². The molecule has 0 spiro atoms. The zero-order valence-electron chi connectivity index (χ0n) is 12.6. The third-order valence-electron chi connectivity index (χ3n) is 3.59. The molecule has 0 atom stereocenters. The molecule has 1 saturated heterocycles. The molecule has 1 aromatic carbocycles. The van der Waals surface area contributed by atoms with Crippen molar-refractivity contribution in [2.75, 3.05) is 26.2 Å². The third kappa shape index (κ3) is 5.69. The number of benzene rings is 1. The van der Waals surface area contributed by atoms with Crippen molar-refractivity contribution in [1.29, 1.82) is 0 Å². The first-order valence-corrected chi connectivity index (χ1v) is 7.69. The minimum Gasteiger partial charge on any atom is -0.484 e. The molecular formula is C15H19ClFN3O3. The van der Waals surface area contributed by atoms with Crippen molar-refractivity contribution < 1.29 is 18.7 Å². The molecule has 2 rings (SSSR count). The Hall–Kier alpha value is -1.86. The van der Waals surface area contributed by atoms with E-state index < -0.39 is 5.82 Å². The van der Waals surface area contributed by atoms with Crippen LogP contribution in [0.4, 0.5) is 4.39 Å². The Kier molecular flexibility index (Phi) is 6.18. The number of carbonyl (C=O) groups excluding carboxylic acids is 2. The standard InChI is InChI=1S/C15H19ClFN3O3/c16-12-7-11(1-2-13(12)17)23-9-15(22)19-10-3-5-20(6-4-10)8-14(18)21/h1-2,7,10H,3-6,8-9H2,(H2,18,21)(H,19,22). The fourth-order valence-electron chi connectivity index (χ4n) is 2.44. The second kappa shape index (κ2) is 8.12. The lowest BCUT2D eigenvalue weighted by Gasteiger charge is -2.31. The summed E-state index contributed by atoms with van der Waals surface area (Å²) in [5.74, 6) is -0.799. The number of amides is 2. The zero-order valence-corrected chi connectivity index (χ0v) is 13.3. The Morgan fingerprint density at radius 1 is 1.39 bits per heavy atom. The Labute approximate surface area is 138 Å². The Morgan fingerprint density at radius 2 is 2.09 bits per heavy atom. The molecule has 1 heterocycles. The summed E-state index contributed by atoms with van der Waals surface area (Å²) in [7, 11) is 0. The largest absolute Gasteiger partial charge is 0.484 e. The minimum absolute atomic E-state index is 0.0482. The maximum Gasteiger partial charge on any atom is 0.258 e. The number of piperidine rings is 1. The van der Waals surface area contributed by atoms with Gasteiger partial charge in [0.15, 0.2) is 6.61 Å². The molecule has 0 saturated carbocycles. The molecule has 23 heavy (non-hydrogen) atoms. The van der Waals surface area contributed by atoms with E-state index in [1.807, 2.05) is 4.90 Å². The van der Waals surface area contributed by atoms with E-state index >= 15 is 0 Å². The number of nitrogens with one attached hydrogen (secondary N) is 1. The second-order valence-electron chi connectivity index (χ2n) is 5.45. The molecular weight excluding hydrogens is 325 g/mol. The van der Waals surface area contributed by atoms with Gasteiger partial charge in [-0.05, 0) is 25.0 Å². The number of rotatable bonds is 6. The normalized spacial score (nSPS) is 16.1. The van der Waals surface area contributed by atoms with E-state index in [1.165, 1.54) is 18.2 Å². The highest BCUT2D eigenvalue weighted by Gasteiger charge is 2.21. The maximum atomic E-state index is 13.0. The van der Waals surface area contributed by atoms with Crippen LogP contribution in [-0.4, -0.2) is 49.0 Å². The number of nitrogens with two attached hydrogens (primary N) is 1. The van der Waals surface area contributed by atoms with Gasteiger partial charge in [-0.15, -0.1) is 0 Å². The number of hydrogen-bond acceptors (Lipinski definition) is 4. The summed E-state index contributed by atoms with van der Waals surface area (Å²) in [5, 5.41) is 2.82. The Morgan fingerprint density at radius 3 is 2.70 bits per heavy atom. The quantitative estimate of drug-likeness (QED) is 0.804. The first-order valence-electron chi connectivity index (χ1n) is 7.32. The molecule has 1 fully saturated rings. The molecule has 0 radical (unpaired) electrons. The van der Waals surface area contributed by atoms with Gasteiger partial charge in [0.25, 0.3) is 5.91 Å².